The molecule has 0 spiro atoms. The summed E-state index contributed by atoms with van der Waals surface area (Å²) >= 11 is 0. The number of nitrogens with zero attached hydrogens (tertiary/aromatic N) is 1. The van der Waals surface area contributed by atoms with E-state index in [0.29, 0.717) is 30.9 Å². The van der Waals surface area contributed by atoms with Gasteiger partial charge in [-0.3, -0.25) is 4.79 Å². The molecule has 0 aliphatic carbocycles. The Labute approximate surface area is 179 Å². The van der Waals surface area contributed by atoms with Crippen LogP contribution in [-0.4, -0.2) is 37.8 Å². The lowest BCUT2D eigenvalue weighted by molar-refractivity contribution is -0.122. The molecule has 1 saturated heterocycles. The SMILES string of the molecule is CC[C@@H](Oc1ccc(C)cc1)C(=O)Nc1ccc(S(=O)(=O)N2CCCCCC2)cc1. The highest BCUT2D eigenvalue weighted by Crippen LogP contribution is 2.22. The number of hydrogen-bond acceptors (Lipinski definition) is 4. The van der Waals surface area contributed by atoms with Gasteiger partial charge < -0.3 is 10.1 Å². The number of amides is 1. The Bertz CT molecular complexity index is 932. The smallest absolute Gasteiger partial charge is 0.265 e. The number of anilines is 1. The molecule has 1 aliphatic heterocycles. The van der Waals surface area contributed by atoms with E-state index in [1.807, 2.05) is 38.1 Å². The van der Waals surface area contributed by atoms with Crippen molar-refractivity contribution in [3.05, 3.63) is 54.1 Å². The molecule has 1 fully saturated rings. The van der Waals surface area contributed by atoms with Crippen LogP contribution >= 0.6 is 0 Å². The first-order valence-corrected chi connectivity index (χ1v) is 12.0. The standard InChI is InChI=1S/C23H30N2O4S/c1-3-22(29-20-12-8-18(2)9-13-20)23(26)24-19-10-14-21(15-11-19)30(27,28)25-16-6-4-5-7-17-25/h8-15,22H,3-7,16-17H2,1-2H3,(H,24,26)/t22-/m1/s1. The van der Waals surface area contributed by atoms with E-state index in [2.05, 4.69) is 5.32 Å². The topological polar surface area (TPSA) is 75.7 Å². The van der Waals surface area contributed by atoms with Gasteiger partial charge in [0.15, 0.2) is 6.10 Å². The number of ether oxygens (including phenoxy) is 1. The molecule has 6 nitrogen and oxygen atoms in total. The zero-order valence-electron chi connectivity index (χ0n) is 17.6. The van der Waals surface area contributed by atoms with E-state index in [1.54, 1.807) is 28.6 Å². The minimum absolute atomic E-state index is 0.255. The zero-order chi connectivity index (χ0) is 21.6. The Balaban J connectivity index is 1.65. The zero-order valence-corrected chi connectivity index (χ0v) is 18.5. The van der Waals surface area contributed by atoms with Gasteiger partial charge in [0.25, 0.3) is 5.91 Å². The summed E-state index contributed by atoms with van der Waals surface area (Å²) in [5.41, 5.74) is 1.66. The van der Waals surface area contributed by atoms with Gasteiger partial charge in [-0.2, -0.15) is 4.31 Å². The molecule has 162 valence electrons. The monoisotopic (exact) mass is 430 g/mol. The van der Waals surface area contributed by atoms with E-state index in [4.69, 9.17) is 4.74 Å². The summed E-state index contributed by atoms with van der Waals surface area (Å²) in [5.74, 6) is 0.377. The van der Waals surface area contributed by atoms with Gasteiger partial charge in [0.05, 0.1) is 4.90 Å². The molecule has 30 heavy (non-hydrogen) atoms. The first-order chi connectivity index (χ1) is 14.4. The number of nitrogens with one attached hydrogen (secondary N) is 1. The van der Waals surface area contributed by atoms with E-state index in [-0.39, 0.29) is 10.8 Å². The largest absolute Gasteiger partial charge is 0.481 e. The molecule has 1 atom stereocenters. The summed E-state index contributed by atoms with van der Waals surface area (Å²) < 4.78 is 33.1. The van der Waals surface area contributed by atoms with Gasteiger partial charge in [-0.25, -0.2) is 8.42 Å². The van der Waals surface area contributed by atoms with Crippen LogP contribution in [0.4, 0.5) is 5.69 Å². The second kappa shape index (κ2) is 10.1. The van der Waals surface area contributed by atoms with E-state index in [0.717, 1.165) is 31.2 Å². The number of aryl methyl sites for hydroxylation is 1. The quantitative estimate of drug-likeness (QED) is 0.708. The maximum Gasteiger partial charge on any atom is 0.265 e. The Morgan fingerprint density at radius 2 is 1.60 bits per heavy atom. The fraction of sp³-hybridized carbons (Fsp3) is 0.435. The summed E-state index contributed by atoms with van der Waals surface area (Å²) in [4.78, 5) is 12.9. The van der Waals surface area contributed by atoms with Gasteiger partial charge in [-0.1, -0.05) is 37.5 Å². The highest BCUT2D eigenvalue weighted by atomic mass is 32.2. The molecular formula is C23H30N2O4S. The van der Waals surface area contributed by atoms with Crippen molar-refractivity contribution >= 4 is 21.6 Å². The third-order valence-corrected chi connectivity index (χ3v) is 7.20. The van der Waals surface area contributed by atoms with Gasteiger partial charge in [0, 0.05) is 18.8 Å². The second-order valence-electron chi connectivity index (χ2n) is 7.66. The first kappa shape index (κ1) is 22.3. The van der Waals surface area contributed by atoms with Crippen LogP contribution in [0.1, 0.15) is 44.6 Å². The molecule has 1 amide bonds. The maximum absolute atomic E-state index is 12.9. The van der Waals surface area contributed by atoms with Crippen molar-refractivity contribution in [1.82, 2.24) is 4.31 Å². The number of rotatable bonds is 7. The lowest BCUT2D eigenvalue weighted by Crippen LogP contribution is -2.32. The summed E-state index contributed by atoms with van der Waals surface area (Å²) in [7, 11) is -3.50. The second-order valence-corrected chi connectivity index (χ2v) is 9.60. The minimum atomic E-state index is -3.50. The summed E-state index contributed by atoms with van der Waals surface area (Å²) in [6, 6.07) is 13.9. The molecule has 0 aromatic heterocycles. The average Bonchev–Trinajstić information content (AvgIpc) is 3.04. The summed E-state index contributed by atoms with van der Waals surface area (Å²) in [6.45, 7) is 5.00. The van der Waals surface area contributed by atoms with E-state index in [9.17, 15) is 13.2 Å². The third kappa shape index (κ3) is 5.61. The van der Waals surface area contributed by atoms with E-state index < -0.39 is 16.1 Å². The highest BCUT2D eigenvalue weighted by molar-refractivity contribution is 7.89. The third-order valence-electron chi connectivity index (χ3n) is 5.29. The van der Waals surface area contributed by atoms with Crippen LogP contribution in [0.2, 0.25) is 0 Å². The van der Waals surface area contributed by atoms with Crippen molar-refractivity contribution < 1.29 is 17.9 Å². The Hall–Kier alpha value is -2.38. The van der Waals surface area contributed by atoms with Crippen molar-refractivity contribution in [2.45, 2.75) is 57.0 Å². The van der Waals surface area contributed by atoms with Gasteiger partial charge >= 0.3 is 0 Å². The molecular weight excluding hydrogens is 400 g/mol. The van der Waals surface area contributed by atoms with Crippen LogP contribution in [-0.2, 0) is 14.8 Å². The lowest BCUT2D eigenvalue weighted by atomic mass is 10.2. The van der Waals surface area contributed by atoms with Gasteiger partial charge in [0.2, 0.25) is 10.0 Å². The minimum Gasteiger partial charge on any atom is -0.481 e. The molecule has 0 bridgehead atoms. The lowest BCUT2D eigenvalue weighted by Gasteiger charge is -2.20. The molecule has 2 aromatic rings. The van der Waals surface area contributed by atoms with Crippen LogP contribution < -0.4 is 10.1 Å². The fourth-order valence-electron chi connectivity index (χ4n) is 3.47. The number of sulfonamides is 1. The van der Waals surface area contributed by atoms with Crippen molar-refractivity contribution in [2.24, 2.45) is 0 Å². The van der Waals surface area contributed by atoms with Crippen LogP contribution in [0, 0.1) is 6.92 Å². The van der Waals surface area contributed by atoms with Gasteiger partial charge in [0.1, 0.15) is 5.75 Å². The Morgan fingerprint density at radius 1 is 1.00 bits per heavy atom. The average molecular weight is 431 g/mol. The predicted molar refractivity (Wildman–Crippen MR) is 118 cm³/mol. The molecule has 3 rings (SSSR count). The molecule has 1 heterocycles. The predicted octanol–water partition coefficient (Wildman–Crippen LogP) is 4.36. The van der Waals surface area contributed by atoms with Crippen molar-refractivity contribution in [1.29, 1.82) is 0 Å². The van der Waals surface area contributed by atoms with Crippen LogP contribution in [0.25, 0.3) is 0 Å². The van der Waals surface area contributed by atoms with Crippen LogP contribution in [0.3, 0.4) is 0 Å². The van der Waals surface area contributed by atoms with Gasteiger partial charge in [-0.15, -0.1) is 0 Å². The molecule has 1 N–H and O–H groups in total. The van der Waals surface area contributed by atoms with E-state index in [1.165, 1.54) is 0 Å². The van der Waals surface area contributed by atoms with Crippen molar-refractivity contribution in [2.75, 3.05) is 18.4 Å². The summed E-state index contributed by atoms with van der Waals surface area (Å²) in [6.07, 6.45) is 3.81. The molecule has 0 radical (unpaired) electrons. The normalized spacial score (nSPS) is 16.5. The van der Waals surface area contributed by atoms with Crippen LogP contribution in [0.5, 0.6) is 5.75 Å². The number of carbonyl (C=O) groups excluding carboxylic acids is 1. The molecule has 0 saturated carbocycles. The van der Waals surface area contributed by atoms with E-state index >= 15 is 0 Å². The number of carbonyl (C=O) groups is 1. The fourth-order valence-corrected chi connectivity index (χ4v) is 4.98. The van der Waals surface area contributed by atoms with Crippen molar-refractivity contribution in [3.8, 4) is 5.75 Å². The Kier molecular flexibility index (Phi) is 7.50. The van der Waals surface area contributed by atoms with Crippen molar-refractivity contribution in [3.63, 3.8) is 0 Å². The molecule has 1 aliphatic rings. The van der Waals surface area contributed by atoms with Crippen LogP contribution in [0.15, 0.2) is 53.4 Å². The van der Waals surface area contributed by atoms with Gasteiger partial charge in [-0.05, 0) is 62.6 Å². The molecule has 0 unspecified atom stereocenters. The maximum atomic E-state index is 12.9. The Morgan fingerprint density at radius 3 is 2.17 bits per heavy atom. The summed E-state index contributed by atoms with van der Waals surface area (Å²) in [5, 5.41) is 2.82. The number of benzene rings is 2. The highest BCUT2D eigenvalue weighted by Gasteiger charge is 2.25. The first-order valence-electron chi connectivity index (χ1n) is 10.5. The number of hydrogen-bond donors (Lipinski definition) is 1. The molecule has 7 heteroatoms. The molecule has 2 aromatic carbocycles.